The molecule has 0 saturated carbocycles. The molecule has 0 aliphatic rings. The van der Waals surface area contributed by atoms with E-state index in [1.165, 1.54) is 0 Å². The van der Waals surface area contributed by atoms with Gasteiger partial charge in [-0.15, -0.1) is 0 Å². The molecule has 4 N–H and O–H groups in total. The molecule has 0 saturated heterocycles. The van der Waals surface area contributed by atoms with Crippen LogP contribution in [0.3, 0.4) is 0 Å². The monoisotopic (exact) mass is 286 g/mol. The van der Waals surface area contributed by atoms with Crippen molar-refractivity contribution in [3.8, 4) is 0 Å². The number of benzene rings is 1. The molecular weight excluding hydrogens is 264 g/mol. The van der Waals surface area contributed by atoms with E-state index in [2.05, 4.69) is 4.72 Å². The van der Waals surface area contributed by atoms with Crippen LogP contribution in [0.4, 0.5) is 5.69 Å². The van der Waals surface area contributed by atoms with Crippen LogP contribution >= 0.6 is 0 Å². The predicted molar refractivity (Wildman–Crippen MR) is 76.4 cm³/mol. The van der Waals surface area contributed by atoms with Gasteiger partial charge in [-0.1, -0.05) is 0 Å². The Kier molecular flexibility index (Phi) is 4.95. The molecular formula is C13H22N2O3S. The number of hydrogen-bond donors (Lipinski definition) is 3. The zero-order chi connectivity index (χ0) is 14.8. The van der Waals surface area contributed by atoms with Crippen molar-refractivity contribution in [2.75, 3.05) is 5.73 Å². The summed E-state index contributed by atoms with van der Waals surface area (Å²) in [6.07, 6.45) is -0.194. The number of nitrogens with two attached hydrogens (primary N) is 1. The fourth-order valence-corrected chi connectivity index (χ4v) is 3.63. The van der Waals surface area contributed by atoms with Crippen LogP contribution in [0.5, 0.6) is 0 Å². The lowest BCUT2D eigenvalue weighted by atomic mass is 10.1. The van der Waals surface area contributed by atoms with E-state index in [0.29, 0.717) is 17.7 Å². The summed E-state index contributed by atoms with van der Waals surface area (Å²) in [5.41, 5.74) is 7.60. The summed E-state index contributed by atoms with van der Waals surface area (Å²) in [5.74, 6) is 0. The number of nitrogen functional groups attached to an aromatic ring is 1. The van der Waals surface area contributed by atoms with Gasteiger partial charge in [-0.05, 0) is 57.4 Å². The van der Waals surface area contributed by atoms with Gasteiger partial charge in [0.15, 0.2) is 0 Å². The quantitative estimate of drug-likeness (QED) is 0.712. The molecule has 0 bridgehead atoms. The first-order valence-corrected chi connectivity index (χ1v) is 7.69. The Morgan fingerprint density at radius 3 is 2.42 bits per heavy atom. The van der Waals surface area contributed by atoms with Crippen LogP contribution in [0.1, 0.15) is 31.4 Å². The summed E-state index contributed by atoms with van der Waals surface area (Å²) in [6.45, 7) is 6.83. The minimum absolute atomic E-state index is 0.197. The third kappa shape index (κ3) is 4.19. The van der Waals surface area contributed by atoms with Crippen LogP contribution in [-0.4, -0.2) is 25.7 Å². The number of nitrogens with one attached hydrogen (secondary N) is 1. The smallest absolute Gasteiger partial charge is 0.241 e. The Balaban J connectivity index is 3.07. The molecule has 19 heavy (non-hydrogen) atoms. The second kappa shape index (κ2) is 5.90. The molecule has 0 radical (unpaired) electrons. The number of anilines is 1. The highest BCUT2D eigenvalue weighted by atomic mass is 32.2. The van der Waals surface area contributed by atoms with Crippen LogP contribution in [0.2, 0.25) is 0 Å². The first-order chi connectivity index (χ1) is 8.63. The molecule has 0 aromatic heterocycles. The lowest BCUT2D eigenvalue weighted by molar-refractivity contribution is 0.175. The largest absolute Gasteiger partial charge is 0.398 e. The molecule has 0 fully saturated rings. The number of aliphatic hydroxyl groups excluding tert-OH is 1. The van der Waals surface area contributed by atoms with Crippen LogP contribution in [0.15, 0.2) is 17.0 Å². The highest BCUT2D eigenvalue weighted by Crippen LogP contribution is 2.23. The Morgan fingerprint density at radius 1 is 1.32 bits per heavy atom. The molecule has 108 valence electrons. The van der Waals surface area contributed by atoms with Crippen molar-refractivity contribution in [3.05, 3.63) is 23.3 Å². The van der Waals surface area contributed by atoms with Gasteiger partial charge in [-0.3, -0.25) is 0 Å². The fourth-order valence-electron chi connectivity index (χ4n) is 2.02. The highest BCUT2D eigenvalue weighted by Gasteiger charge is 2.21. The van der Waals surface area contributed by atoms with Crippen LogP contribution in [-0.2, 0) is 10.0 Å². The van der Waals surface area contributed by atoms with E-state index < -0.39 is 16.1 Å². The van der Waals surface area contributed by atoms with Gasteiger partial charge in [-0.25, -0.2) is 13.1 Å². The third-order valence-electron chi connectivity index (χ3n) is 2.89. The summed E-state index contributed by atoms with van der Waals surface area (Å²) >= 11 is 0. The topological polar surface area (TPSA) is 92.4 Å². The van der Waals surface area contributed by atoms with Crippen molar-refractivity contribution < 1.29 is 13.5 Å². The minimum Gasteiger partial charge on any atom is -0.398 e. The summed E-state index contributed by atoms with van der Waals surface area (Å²) in [6, 6.07) is 3.00. The average molecular weight is 286 g/mol. The molecule has 2 atom stereocenters. The molecule has 0 aliphatic carbocycles. The standard InChI is InChI=1S/C13H22N2O3S/c1-8-5-12(14)11(4)13(6-8)19(17,18)15-9(2)7-10(3)16/h5-6,9-10,15-16H,7,14H2,1-4H3. The highest BCUT2D eigenvalue weighted by molar-refractivity contribution is 7.89. The molecule has 5 nitrogen and oxygen atoms in total. The second-order valence-corrected chi connectivity index (χ2v) is 6.77. The number of hydrogen-bond acceptors (Lipinski definition) is 4. The summed E-state index contributed by atoms with van der Waals surface area (Å²) in [7, 11) is -3.62. The average Bonchev–Trinajstić information content (AvgIpc) is 2.20. The number of aliphatic hydroxyl groups is 1. The Hall–Kier alpha value is -1.11. The Bertz CT molecular complexity index is 553. The van der Waals surface area contributed by atoms with Crippen LogP contribution in [0.25, 0.3) is 0 Å². The first-order valence-electron chi connectivity index (χ1n) is 6.20. The first kappa shape index (κ1) is 15.9. The number of rotatable bonds is 5. The predicted octanol–water partition coefficient (Wildman–Crippen LogP) is 1.32. The van der Waals surface area contributed by atoms with Crippen LogP contribution < -0.4 is 10.5 Å². The molecule has 2 unspecified atom stereocenters. The van der Waals surface area contributed by atoms with E-state index in [-0.39, 0.29) is 10.9 Å². The van der Waals surface area contributed by atoms with Gasteiger partial charge in [0.1, 0.15) is 0 Å². The summed E-state index contributed by atoms with van der Waals surface area (Å²) in [5, 5.41) is 9.28. The van der Waals surface area contributed by atoms with E-state index in [1.54, 1.807) is 39.8 Å². The van der Waals surface area contributed by atoms with Crippen molar-refractivity contribution in [1.82, 2.24) is 4.72 Å². The summed E-state index contributed by atoms with van der Waals surface area (Å²) < 4.78 is 27.2. The van der Waals surface area contributed by atoms with E-state index in [1.807, 2.05) is 0 Å². The third-order valence-corrected chi connectivity index (χ3v) is 4.60. The van der Waals surface area contributed by atoms with Crippen molar-refractivity contribution in [1.29, 1.82) is 0 Å². The lowest BCUT2D eigenvalue weighted by Gasteiger charge is -2.17. The maximum Gasteiger partial charge on any atom is 0.241 e. The van der Waals surface area contributed by atoms with Gasteiger partial charge in [-0.2, -0.15) is 0 Å². The van der Waals surface area contributed by atoms with Gasteiger partial charge in [0.2, 0.25) is 10.0 Å². The van der Waals surface area contributed by atoms with Gasteiger partial charge >= 0.3 is 0 Å². The minimum atomic E-state index is -3.62. The number of aryl methyl sites for hydroxylation is 1. The summed E-state index contributed by atoms with van der Waals surface area (Å²) in [4.78, 5) is 0.197. The van der Waals surface area contributed by atoms with Crippen LogP contribution in [0, 0.1) is 13.8 Å². The van der Waals surface area contributed by atoms with Crippen molar-refractivity contribution in [2.24, 2.45) is 0 Å². The number of sulfonamides is 1. The van der Waals surface area contributed by atoms with Crippen molar-refractivity contribution in [3.63, 3.8) is 0 Å². The molecule has 0 amide bonds. The second-order valence-electron chi connectivity index (χ2n) is 5.08. The zero-order valence-electron chi connectivity index (χ0n) is 11.8. The molecule has 1 aromatic carbocycles. The van der Waals surface area contributed by atoms with E-state index in [0.717, 1.165) is 5.56 Å². The molecule has 0 heterocycles. The van der Waals surface area contributed by atoms with Gasteiger partial charge < -0.3 is 10.8 Å². The van der Waals surface area contributed by atoms with Gasteiger partial charge in [0.25, 0.3) is 0 Å². The lowest BCUT2D eigenvalue weighted by Crippen LogP contribution is -2.35. The molecule has 0 aliphatic heterocycles. The van der Waals surface area contributed by atoms with Gasteiger partial charge in [0.05, 0.1) is 11.0 Å². The van der Waals surface area contributed by atoms with E-state index in [9.17, 15) is 13.5 Å². The maximum absolute atomic E-state index is 12.3. The van der Waals surface area contributed by atoms with E-state index in [4.69, 9.17) is 5.73 Å². The maximum atomic E-state index is 12.3. The molecule has 1 rings (SSSR count). The van der Waals surface area contributed by atoms with Crippen molar-refractivity contribution in [2.45, 2.75) is 51.2 Å². The van der Waals surface area contributed by atoms with E-state index >= 15 is 0 Å². The molecule has 6 heteroatoms. The van der Waals surface area contributed by atoms with Crippen molar-refractivity contribution >= 4 is 15.7 Å². The SMILES string of the molecule is Cc1cc(N)c(C)c(S(=O)(=O)NC(C)CC(C)O)c1. The zero-order valence-corrected chi connectivity index (χ0v) is 12.6. The normalized spacial score (nSPS) is 15.2. The molecule has 1 aromatic rings. The van der Waals surface area contributed by atoms with Gasteiger partial charge in [0, 0.05) is 11.7 Å². The molecule has 0 spiro atoms. The Labute approximate surface area is 114 Å². The fraction of sp³-hybridized carbons (Fsp3) is 0.538. The Morgan fingerprint density at radius 2 is 1.89 bits per heavy atom.